The fraction of sp³-hybridized carbons (Fsp3) is 0.769. The largest absolute Gasteiger partial charge is 0.390 e. The molecule has 0 radical (unpaired) electrons. The molecular weight excluding hydrogens is 200 g/mol. The van der Waals surface area contributed by atoms with Crippen molar-refractivity contribution in [2.75, 3.05) is 0 Å². The number of rotatable bonds is 2. The van der Waals surface area contributed by atoms with Crippen LogP contribution in [0.3, 0.4) is 0 Å². The summed E-state index contributed by atoms with van der Waals surface area (Å²) in [6.45, 7) is 4.53. The van der Waals surface area contributed by atoms with Crippen molar-refractivity contribution in [3.8, 4) is 0 Å². The van der Waals surface area contributed by atoms with Crippen LogP contribution in [-0.4, -0.2) is 20.5 Å². The van der Waals surface area contributed by atoms with Crippen LogP contribution in [0.25, 0.3) is 0 Å². The lowest BCUT2D eigenvalue weighted by Gasteiger charge is -2.39. The summed E-state index contributed by atoms with van der Waals surface area (Å²) in [5.41, 5.74) is 0.640. The van der Waals surface area contributed by atoms with Gasteiger partial charge >= 0.3 is 0 Å². The summed E-state index contributed by atoms with van der Waals surface area (Å²) in [7, 11) is 1.92. The summed E-state index contributed by atoms with van der Waals surface area (Å²) in [5, 5.41) is 14.7. The van der Waals surface area contributed by atoms with Crippen LogP contribution in [0.15, 0.2) is 12.4 Å². The summed E-state index contributed by atoms with van der Waals surface area (Å²) in [6.07, 6.45) is 7.59. The van der Waals surface area contributed by atoms with Crippen LogP contribution in [0.4, 0.5) is 0 Å². The molecule has 2 rings (SSSR count). The number of aryl methyl sites for hydroxylation is 1. The third-order valence-corrected chi connectivity index (χ3v) is 4.03. The van der Waals surface area contributed by atoms with Crippen LogP contribution in [-0.2, 0) is 13.5 Å². The van der Waals surface area contributed by atoms with E-state index in [1.165, 1.54) is 0 Å². The van der Waals surface area contributed by atoms with Crippen molar-refractivity contribution < 1.29 is 5.11 Å². The maximum atomic E-state index is 10.6. The molecule has 3 nitrogen and oxygen atoms in total. The summed E-state index contributed by atoms with van der Waals surface area (Å²) < 4.78 is 1.80. The van der Waals surface area contributed by atoms with E-state index in [1.54, 1.807) is 4.68 Å². The highest BCUT2D eigenvalue weighted by molar-refractivity contribution is 5.09. The van der Waals surface area contributed by atoms with Crippen LogP contribution in [0.5, 0.6) is 0 Å². The van der Waals surface area contributed by atoms with Gasteiger partial charge in [0, 0.05) is 19.7 Å². The fourth-order valence-corrected chi connectivity index (χ4v) is 2.79. The van der Waals surface area contributed by atoms with Gasteiger partial charge in [0.25, 0.3) is 0 Å². The monoisotopic (exact) mass is 222 g/mol. The molecule has 0 saturated heterocycles. The van der Waals surface area contributed by atoms with E-state index in [4.69, 9.17) is 0 Å². The molecule has 3 unspecified atom stereocenters. The molecule has 16 heavy (non-hydrogen) atoms. The van der Waals surface area contributed by atoms with Gasteiger partial charge in [0.05, 0.1) is 11.8 Å². The highest BCUT2D eigenvalue weighted by atomic mass is 16.3. The topological polar surface area (TPSA) is 38.1 Å². The molecule has 1 aromatic heterocycles. The van der Waals surface area contributed by atoms with Crippen LogP contribution in [0.2, 0.25) is 0 Å². The lowest BCUT2D eigenvalue weighted by Crippen LogP contribution is -2.39. The molecule has 1 heterocycles. The molecule has 0 amide bonds. The minimum atomic E-state index is -0.505. The number of aromatic nitrogens is 2. The van der Waals surface area contributed by atoms with Gasteiger partial charge in [-0.05, 0) is 36.7 Å². The van der Waals surface area contributed by atoms with E-state index in [9.17, 15) is 5.11 Å². The zero-order valence-electron chi connectivity index (χ0n) is 10.5. The van der Waals surface area contributed by atoms with Gasteiger partial charge < -0.3 is 5.11 Å². The van der Waals surface area contributed by atoms with E-state index in [0.29, 0.717) is 5.92 Å². The SMILES string of the molecule is CC1CCC(O)(Cc2cnn(C)c2)CC1C. The van der Waals surface area contributed by atoms with Crippen LogP contribution < -0.4 is 0 Å². The fourth-order valence-electron chi connectivity index (χ4n) is 2.79. The van der Waals surface area contributed by atoms with Crippen LogP contribution in [0, 0.1) is 11.8 Å². The second-order valence-electron chi connectivity index (χ2n) is 5.62. The molecule has 1 aliphatic carbocycles. The first-order valence-electron chi connectivity index (χ1n) is 6.18. The van der Waals surface area contributed by atoms with Gasteiger partial charge in [-0.15, -0.1) is 0 Å². The Morgan fingerprint density at radius 2 is 2.25 bits per heavy atom. The number of hydrogen-bond donors (Lipinski definition) is 1. The zero-order chi connectivity index (χ0) is 11.8. The number of nitrogens with zero attached hydrogens (tertiary/aromatic N) is 2. The second-order valence-corrected chi connectivity index (χ2v) is 5.62. The predicted octanol–water partition coefficient (Wildman–Crippen LogP) is 2.15. The van der Waals surface area contributed by atoms with Gasteiger partial charge in [-0.25, -0.2) is 0 Å². The molecule has 1 N–H and O–H groups in total. The molecule has 0 spiro atoms. The Morgan fingerprint density at radius 3 is 2.81 bits per heavy atom. The number of aliphatic hydroxyl groups is 1. The Balaban J connectivity index is 2.03. The normalized spacial score (nSPS) is 35.2. The third-order valence-electron chi connectivity index (χ3n) is 4.03. The van der Waals surface area contributed by atoms with Gasteiger partial charge in [0.2, 0.25) is 0 Å². The van der Waals surface area contributed by atoms with Gasteiger partial charge in [-0.2, -0.15) is 5.10 Å². The van der Waals surface area contributed by atoms with E-state index in [2.05, 4.69) is 18.9 Å². The number of hydrogen-bond acceptors (Lipinski definition) is 2. The highest BCUT2D eigenvalue weighted by Gasteiger charge is 2.36. The summed E-state index contributed by atoms with van der Waals surface area (Å²) in [5.74, 6) is 1.37. The van der Waals surface area contributed by atoms with E-state index < -0.39 is 5.60 Å². The van der Waals surface area contributed by atoms with Crippen molar-refractivity contribution in [3.63, 3.8) is 0 Å². The molecule has 0 aromatic carbocycles. The maximum absolute atomic E-state index is 10.6. The predicted molar refractivity (Wildman–Crippen MR) is 64.0 cm³/mol. The average molecular weight is 222 g/mol. The Labute approximate surface area is 97.5 Å². The summed E-state index contributed by atoms with van der Waals surface area (Å²) in [6, 6.07) is 0. The molecule has 1 saturated carbocycles. The first kappa shape index (κ1) is 11.6. The zero-order valence-corrected chi connectivity index (χ0v) is 10.5. The lowest BCUT2D eigenvalue weighted by molar-refractivity contribution is -0.0279. The Morgan fingerprint density at radius 1 is 1.50 bits per heavy atom. The molecule has 90 valence electrons. The van der Waals surface area contributed by atoms with Gasteiger partial charge in [0.1, 0.15) is 0 Å². The van der Waals surface area contributed by atoms with Crippen molar-refractivity contribution in [1.29, 1.82) is 0 Å². The molecule has 1 fully saturated rings. The summed E-state index contributed by atoms with van der Waals surface area (Å²) in [4.78, 5) is 0. The van der Waals surface area contributed by atoms with E-state index in [1.807, 2.05) is 19.4 Å². The Kier molecular flexibility index (Phi) is 3.06. The molecule has 0 bridgehead atoms. The summed E-state index contributed by atoms with van der Waals surface area (Å²) >= 11 is 0. The molecule has 3 heteroatoms. The highest BCUT2D eigenvalue weighted by Crippen LogP contribution is 2.37. The van der Waals surface area contributed by atoms with E-state index in [0.717, 1.165) is 37.2 Å². The first-order chi connectivity index (χ1) is 7.48. The lowest BCUT2D eigenvalue weighted by atomic mass is 9.71. The van der Waals surface area contributed by atoms with Gasteiger partial charge in [0.15, 0.2) is 0 Å². The quantitative estimate of drug-likeness (QED) is 0.832. The smallest absolute Gasteiger partial charge is 0.0691 e. The molecule has 0 aliphatic heterocycles. The van der Waals surface area contributed by atoms with Crippen molar-refractivity contribution in [1.82, 2.24) is 9.78 Å². The minimum absolute atomic E-state index is 0.505. The first-order valence-corrected chi connectivity index (χ1v) is 6.18. The second kappa shape index (κ2) is 4.21. The minimum Gasteiger partial charge on any atom is -0.390 e. The van der Waals surface area contributed by atoms with Gasteiger partial charge in [-0.1, -0.05) is 13.8 Å². The maximum Gasteiger partial charge on any atom is 0.0691 e. The molecule has 1 aromatic rings. The standard InChI is InChI=1S/C13H22N2O/c1-10-4-5-13(16,6-11(10)2)7-12-8-14-15(3)9-12/h8-11,16H,4-7H2,1-3H3. The van der Waals surface area contributed by atoms with Crippen molar-refractivity contribution in [3.05, 3.63) is 18.0 Å². The van der Waals surface area contributed by atoms with Crippen LogP contribution >= 0.6 is 0 Å². The van der Waals surface area contributed by atoms with Crippen molar-refractivity contribution >= 4 is 0 Å². The Bertz CT molecular complexity index is 361. The molecule has 1 aliphatic rings. The molecule has 3 atom stereocenters. The van der Waals surface area contributed by atoms with Crippen LogP contribution in [0.1, 0.15) is 38.7 Å². The van der Waals surface area contributed by atoms with Crippen molar-refractivity contribution in [2.24, 2.45) is 18.9 Å². The molecular formula is C13H22N2O. The van der Waals surface area contributed by atoms with E-state index in [-0.39, 0.29) is 0 Å². The van der Waals surface area contributed by atoms with Gasteiger partial charge in [-0.3, -0.25) is 4.68 Å². The van der Waals surface area contributed by atoms with Crippen molar-refractivity contribution in [2.45, 2.75) is 45.1 Å². The third kappa shape index (κ3) is 2.46. The van der Waals surface area contributed by atoms with E-state index >= 15 is 0 Å². The Hall–Kier alpha value is -0.830. The average Bonchev–Trinajstić information content (AvgIpc) is 2.58.